The minimum absolute atomic E-state index is 0.0231. The average Bonchev–Trinajstić information content (AvgIpc) is 3.09. The Kier molecular flexibility index (Phi) is 3.83. The van der Waals surface area contributed by atoms with Crippen molar-refractivity contribution in [2.45, 2.75) is 6.18 Å². The Labute approximate surface area is 151 Å². The lowest BCUT2D eigenvalue weighted by Gasteiger charge is -2.12. The molecule has 0 unspecified atom stereocenters. The molecule has 0 saturated heterocycles. The van der Waals surface area contributed by atoms with Crippen LogP contribution in [0.5, 0.6) is 0 Å². The predicted octanol–water partition coefficient (Wildman–Crippen LogP) is 3.93. The lowest BCUT2D eigenvalue weighted by atomic mass is 10.0. The van der Waals surface area contributed by atoms with Crippen LogP contribution >= 0.6 is 0 Å². The highest BCUT2D eigenvalue weighted by atomic mass is 19.4. The van der Waals surface area contributed by atoms with Crippen LogP contribution in [0.3, 0.4) is 0 Å². The molecular formula is C19H13F3N4O. The van der Waals surface area contributed by atoms with Crippen LogP contribution in [0.1, 0.15) is 16.1 Å². The number of benzene rings is 2. The Morgan fingerprint density at radius 2 is 1.85 bits per heavy atom. The molecule has 2 aromatic heterocycles. The van der Waals surface area contributed by atoms with E-state index in [1.165, 1.54) is 7.05 Å². The van der Waals surface area contributed by atoms with Crippen LogP contribution in [0, 0.1) is 0 Å². The van der Waals surface area contributed by atoms with E-state index in [-0.39, 0.29) is 16.9 Å². The van der Waals surface area contributed by atoms with Crippen molar-refractivity contribution in [2.75, 3.05) is 7.05 Å². The van der Waals surface area contributed by atoms with Crippen molar-refractivity contribution in [1.29, 1.82) is 0 Å². The SMILES string of the molecule is CNC(=O)c1cnn2c(C(F)(F)F)cc(-c3cccc4ccccc34)nc12. The molecule has 0 aliphatic carbocycles. The van der Waals surface area contributed by atoms with Crippen molar-refractivity contribution >= 4 is 22.3 Å². The zero-order chi connectivity index (χ0) is 19.2. The fraction of sp³-hybridized carbons (Fsp3) is 0.105. The maximum atomic E-state index is 13.6. The molecule has 0 bridgehead atoms. The van der Waals surface area contributed by atoms with Crippen molar-refractivity contribution in [2.24, 2.45) is 0 Å². The number of fused-ring (bicyclic) bond motifs is 2. The van der Waals surface area contributed by atoms with Gasteiger partial charge in [-0.2, -0.15) is 18.3 Å². The first-order chi connectivity index (χ1) is 12.9. The highest BCUT2D eigenvalue weighted by Crippen LogP contribution is 2.34. The summed E-state index contributed by atoms with van der Waals surface area (Å²) in [7, 11) is 1.39. The number of rotatable bonds is 2. The maximum Gasteiger partial charge on any atom is 0.433 e. The molecule has 1 amide bonds. The van der Waals surface area contributed by atoms with E-state index < -0.39 is 17.8 Å². The fourth-order valence-corrected chi connectivity index (χ4v) is 3.05. The summed E-state index contributed by atoms with van der Waals surface area (Å²) in [4.78, 5) is 16.4. The summed E-state index contributed by atoms with van der Waals surface area (Å²) < 4.78 is 41.5. The lowest BCUT2D eigenvalue weighted by molar-refractivity contribution is -0.142. The molecule has 4 aromatic rings. The van der Waals surface area contributed by atoms with Crippen LogP contribution < -0.4 is 5.32 Å². The van der Waals surface area contributed by atoms with E-state index >= 15 is 0 Å². The van der Waals surface area contributed by atoms with Crippen LogP contribution in [0.4, 0.5) is 13.2 Å². The molecule has 136 valence electrons. The van der Waals surface area contributed by atoms with E-state index in [0.29, 0.717) is 10.1 Å². The van der Waals surface area contributed by atoms with Gasteiger partial charge >= 0.3 is 6.18 Å². The summed E-state index contributed by atoms with van der Waals surface area (Å²) in [6, 6.07) is 13.6. The fourth-order valence-electron chi connectivity index (χ4n) is 3.05. The smallest absolute Gasteiger partial charge is 0.355 e. The molecule has 0 radical (unpaired) electrons. The highest BCUT2D eigenvalue weighted by molar-refractivity contribution is 6.00. The van der Waals surface area contributed by atoms with Crippen molar-refractivity contribution in [1.82, 2.24) is 19.9 Å². The first-order valence-electron chi connectivity index (χ1n) is 8.06. The number of hydrogen-bond acceptors (Lipinski definition) is 3. The standard InChI is InChI=1S/C19H13F3N4O/c1-23-18(27)14-10-24-26-16(19(20,21)22)9-15(25-17(14)26)13-8-4-6-11-5-2-3-7-12(11)13/h2-10H,1H3,(H,23,27). The van der Waals surface area contributed by atoms with Gasteiger partial charge in [0.15, 0.2) is 11.3 Å². The second-order valence-electron chi connectivity index (χ2n) is 5.92. The number of nitrogens with one attached hydrogen (secondary N) is 1. The molecule has 0 fully saturated rings. The quantitative estimate of drug-likeness (QED) is 0.582. The van der Waals surface area contributed by atoms with E-state index in [2.05, 4.69) is 15.4 Å². The van der Waals surface area contributed by atoms with Gasteiger partial charge in [0, 0.05) is 12.6 Å². The number of alkyl halides is 3. The molecule has 1 N–H and O–H groups in total. The van der Waals surface area contributed by atoms with Gasteiger partial charge in [0.25, 0.3) is 5.91 Å². The Bertz CT molecular complexity index is 1180. The normalized spacial score (nSPS) is 11.9. The summed E-state index contributed by atoms with van der Waals surface area (Å²) in [5.41, 5.74) is -0.495. The van der Waals surface area contributed by atoms with Crippen molar-refractivity contribution < 1.29 is 18.0 Å². The zero-order valence-electron chi connectivity index (χ0n) is 14.1. The molecule has 27 heavy (non-hydrogen) atoms. The van der Waals surface area contributed by atoms with Gasteiger partial charge in [-0.1, -0.05) is 42.5 Å². The van der Waals surface area contributed by atoms with Crippen LogP contribution in [0.25, 0.3) is 27.7 Å². The van der Waals surface area contributed by atoms with Crippen LogP contribution in [0.15, 0.2) is 54.7 Å². The Balaban J connectivity index is 2.08. The summed E-state index contributed by atoms with van der Waals surface area (Å²) in [6.07, 6.45) is -3.57. The van der Waals surface area contributed by atoms with Gasteiger partial charge in [0.2, 0.25) is 0 Å². The van der Waals surface area contributed by atoms with Gasteiger partial charge in [-0.05, 0) is 16.8 Å². The third-order valence-electron chi connectivity index (χ3n) is 4.30. The molecule has 0 saturated carbocycles. The average molecular weight is 370 g/mol. The third kappa shape index (κ3) is 2.79. The van der Waals surface area contributed by atoms with Gasteiger partial charge in [0.1, 0.15) is 5.56 Å². The molecule has 8 heteroatoms. The maximum absolute atomic E-state index is 13.6. The van der Waals surface area contributed by atoms with Crippen LogP contribution in [-0.4, -0.2) is 27.6 Å². The number of carbonyl (C=O) groups excluding carboxylic acids is 1. The molecule has 2 aromatic carbocycles. The van der Waals surface area contributed by atoms with Crippen molar-refractivity contribution in [3.63, 3.8) is 0 Å². The lowest BCUT2D eigenvalue weighted by Crippen LogP contribution is -2.19. The number of halogens is 3. The molecular weight excluding hydrogens is 357 g/mol. The van der Waals surface area contributed by atoms with Crippen LogP contribution in [0.2, 0.25) is 0 Å². The van der Waals surface area contributed by atoms with E-state index in [1.54, 1.807) is 12.1 Å². The van der Waals surface area contributed by atoms with Gasteiger partial charge < -0.3 is 5.32 Å². The minimum atomic E-state index is -4.66. The number of carbonyl (C=O) groups is 1. The molecule has 5 nitrogen and oxygen atoms in total. The van der Waals surface area contributed by atoms with Crippen molar-refractivity contribution in [3.05, 3.63) is 66.0 Å². The molecule has 0 atom stereocenters. The van der Waals surface area contributed by atoms with Gasteiger partial charge in [-0.15, -0.1) is 0 Å². The molecule has 4 rings (SSSR count). The topological polar surface area (TPSA) is 59.3 Å². The number of aromatic nitrogens is 3. The second-order valence-corrected chi connectivity index (χ2v) is 5.92. The number of hydrogen-bond donors (Lipinski definition) is 1. The second kappa shape index (κ2) is 6.08. The molecule has 2 heterocycles. The molecule has 0 aliphatic heterocycles. The van der Waals surface area contributed by atoms with E-state index in [1.807, 2.05) is 30.3 Å². The third-order valence-corrected chi connectivity index (χ3v) is 4.30. The van der Waals surface area contributed by atoms with Gasteiger partial charge in [-0.25, -0.2) is 9.50 Å². The van der Waals surface area contributed by atoms with Gasteiger partial charge in [-0.3, -0.25) is 4.79 Å². The number of amides is 1. The molecule has 0 spiro atoms. The summed E-state index contributed by atoms with van der Waals surface area (Å²) >= 11 is 0. The summed E-state index contributed by atoms with van der Waals surface area (Å²) in [5, 5.41) is 7.77. The van der Waals surface area contributed by atoms with E-state index in [4.69, 9.17) is 0 Å². The first kappa shape index (κ1) is 17.0. The highest BCUT2D eigenvalue weighted by Gasteiger charge is 2.36. The van der Waals surface area contributed by atoms with E-state index in [9.17, 15) is 18.0 Å². The Morgan fingerprint density at radius 1 is 1.11 bits per heavy atom. The Morgan fingerprint density at radius 3 is 2.59 bits per heavy atom. The largest absolute Gasteiger partial charge is 0.433 e. The monoisotopic (exact) mass is 370 g/mol. The molecule has 0 aliphatic rings. The summed E-state index contributed by atoms with van der Waals surface area (Å²) in [6.45, 7) is 0. The predicted molar refractivity (Wildman–Crippen MR) is 94.3 cm³/mol. The van der Waals surface area contributed by atoms with Crippen molar-refractivity contribution in [3.8, 4) is 11.3 Å². The van der Waals surface area contributed by atoms with Gasteiger partial charge in [0.05, 0.1) is 11.9 Å². The number of nitrogens with zero attached hydrogens (tertiary/aromatic N) is 3. The van der Waals surface area contributed by atoms with Crippen LogP contribution in [-0.2, 0) is 6.18 Å². The zero-order valence-corrected chi connectivity index (χ0v) is 14.1. The minimum Gasteiger partial charge on any atom is -0.355 e. The first-order valence-corrected chi connectivity index (χ1v) is 8.06. The Hall–Kier alpha value is -3.42. The summed E-state index contributed by atoms with van der Waals surface area (Å²) in [5.74, 6) is -0.555. The van der Waals surface area contributed by atoms with E-state index in [0.717, 1.165) is 23.0 Å².